The number of esters is 1. The molecule has 3 aliphatic carbocycles. The number of rotatable bonds is 6. The summed E-state index contributed by atoms with van der Waals surface area (Å²) >= 11 is 0. The highest BCUT2D eigenvalue weighted by atomic mass is 16.6. The van der Waals surface area contributed by atoms with Gasteiger partial charge in [-0.25, -0.2) is 4.79 Å². The molecule has 2 fully saturated rings. The van der Waals surface area contributed by atoms with Gasteiger partial charge in [0, 0.05) is 6.42 Å². The Balaban J connectivity index is 1.72. The van der Waals surface area contributed by atoms with Gasteiger partial charge in [-0.15, -0.1) is 0 Å². The van der Waals surface area contributed by atoms with Gasteiger partial charge in [0.2, 0.25) is 0 Å². The number of carbonyl (C=O) groups excluding carboxylic acids is 1. The molecule has 0 spiro atoms. The molecule has 0 aromatic heterocycles. The minimum atomic E-state index is -0.660. The lowest BCUT2D eigenvalue weighted by Gasteiger charge is -2.42. The van der Waals surface area contributed by atoms with E-state index < -0.39 is 12.2 Å². The zero-order valence-corrected chi connectivity index (χ0v) is 18.5. The van der Waals surface area contributed by atoms with E-state index in [0.717, 1.165) is 36.8 Å². The predicted octanol–water partition coefficient (Wildman–Crippen LogP) is 4.02. The SMILES string of the molecule is C=C1/C(=C\C=C2/CCC[C@]3(C)C(C(C)OCC(=O)OCC)=CC[C@@H]23)C[C@@H](O)C[C@@H]1O. The smallest absolute Gasteiger partial charge is 0.332 e. The zero-order chi connectivity index (χ0) is 21.9. The minimum Gasteiger partial charge on any atom is -0.464 e. The first kappa shape index (κ1) is 23.0. The van der Waals surface area contributed by atoms with E-state index in [1.54, 1.807) is 6.92 Å². The lowest BCUT2D eigenvalue weighted by Crippen LogP contribution is -2.35. The monoisotopic (exact) mass is 416 g/mol. The molecule has 3 rings (SSSR count). The molecule has 0 saturated heterocycles. The Morgan fingerprint density at radius 1 is 1.40 bits per heavy atom. The van der Waals surface area contributed by atoms with Crippen LogP contribution >= 0.6 is 0 Å². The van der Waals surface area contributed by atoms with E-state index in [2.05, 4.69) is 25.7 Å². The van der Waals surface area contributed by atoms with Crippen LogP contribution in [0.4, 0.5) is 0 Å². The van der Waals surface area contributed by atoms with Crippen molar-refractivity contribution >= 4 is 5.97 Å². The summed E-state index contributed by atoms with van der Waals surface area (Å²) in [4.78, 5) is 11.7. The van der Waals surface area contributed by atoms with Gasteiger partial charge in [0.25, 0.3) is 0 Å². The number of aliphatic hydroxyl groups excluding tert-OH is 2. The Bertz CT molecular complexity index is 762. The third-order valence-electron chi connectivity index (χ3n) is 7.07. The molecular weight excluding hydrogens is 380 g/mol. The van der Waals surface area contributed by atoms with Crippen molar-refractivity contribution in [3.8, 4) is 0 Å². The van der Waals surface area contributed by atoms with E-state index in [1.165, 1.54) is 11.1 Å². The van der Waals surface area contributed by atoms with E-state index in [-0.39, 0.29) is 24.1 Å². The Morgan fingerprint density at radius 2 is 2.17 bits per heavy atom. The van der Waals surface area contributed by atoms with Gasteiger partial charge < -0.3 is 19.7 Å². The molecule has 30 heavy (non-hydrogen) atoms. The number of ether oxygens (including phenoxy) is 2. The molecule has 166 valence electrons. The van der Waals surface area contributed by atoms with E-state index in [1.807, 2.05) is 13.0 Å². The Morgan fingerprint density at radius 3 is 2.90 bits per heavy atom. The number of fused-ring (bicyclic) bond motifs is 1. The van der Waals surface area contributed by atoms with Crippen molar-refractivity contribution in [3.63, 3.8) is 0 Å². The van der Waals surface area contributed by atoms with Crippen LogP contribution in [0.2, 0.25) is 0 Å². The third-order valence-corrected chi connectivity index (χ3v) is 7.07. The maximum atomic E-state index is 11.7. The number of aliphatic hydroxyl groups is 2. The van der Waals surface area contributed by atoms with Crippen LogP contribution < -0.4 is 0 Å². The van der Waals surface area contributed by atoms with Crippen LogP contribution in [0.5, 0.6) is 0 Å². The lowest BCUT2D eigenvalue weighted by atomic mass is 9.63. The van der Waals surface area contributed by atoms with Crippen molar-refractivity contribution in [2.75, 3.05) is 13.2 Å². The molecule has 3 aliphatic rings. The minimum absolute atomic E-state index is 0.0192. The van der Waals surface area contributed by atoms with E-state index in [0.29, 0.717) is 25.4 Å². The van der Waals surface area contributed by atoms with Gasteiger partial charge in [0.1, 0.15) is 6.61 Å². The summed E-state index contributed by atoms with van der Waals surface area (Å²) < 4.78 is 10.8. The second-order valence-corrected chi connectivity index (χ2v) is 9.05. The number of hydrogen-bond donors (Lipinski definition) is 2. The maximum Gasteiger partial charge on any atom is 0.332 e. The summed E-state index contributed by atoms with van der Waals surface area (Å²) in [5.41, 5.74) is 4.38. The van der Waals surface area contributed by atoms with Gasteiger partial charge in [-0.2, -0.15) is 0 Å². The van der Waals surface area contributed by atoms with Crippen molar-refractivity contribution in [1.82, 2.24) is 0 Å². The first-order valence-electron chi connectivity index (χ1n) is 11.2. The van der Waals surface area contributed by atoms with Crippen LogP contribution in [0, 0.1) is 11.3 Å². The number of hydrogen-bond acceptors (Lipinski definition) is 5. The summed E-state index contributed by atoms with van der Waals surface area (Å²) in [6.45, 7) is 10.5. The molecule has 2 saturated carbocycles. The highest BCUT2D eigenvalue weighted by Crippen LogP contribution is 2.55. The van der Waals surface area contributed by atoms with Crippen LogP contribution in [-0.2, 0) is 14.3 Å². The van der Waals surface area contributed by atoms with Crippen LogP contribution in [0.1, 0.15) is 59.3 Å². The van der Waals surface area contributed by atoms with Gasteiger partial charge in [-0.3, -0.25) is 0 Å². The molecule has 0 bridgehead atoms. The fourth-order valence-electron chi connectivity index (χ4n) is 5.43. The molecule has 5 nitrogen and oxygen atoms in total. The summed E-state index contributed by atoms with van der Waals surface area (Å²) in [6, 6.07) is 0. The van der Waals surface area contributed by atoms with Gasteiger partial charge in [0.05, 0.1) is 24.9 Å². The van der Waals surface area contributed by atoms with Crippen molar-refractivity contribution < 1.29 is 24.5 Å². The molecule has 0 aromatic carbocycles. The molecule has 0 aliphatic heterocycles. The molecule has 5 heteroatoms. The van der Waals surface area contributed by atoms with Gasteiger partial charge >= 0.3 is 5.97 Å². The lowest BCUT2D eigenvalue weighted by molar-refractivity contribution is -0.149. The highest BCUT2D eigenvalue weighted by Gasteiger charge is 2.46. The summed E-state index contributed by atoms with van der Waals surface area (Å²) in [5.74, 6) is 0.0936. The summed E-state index contributed by atoms with van der Waals surface area (Å²) in [7, 11) is 0. The van der Waals surface area contributed by atoms with Gasteiger partial charge in [-0.1, -0.05) is 37.3 Å². The van der Waals surface area contributed by atoms with Crippen molar-refractivity contribution in [2.24, 2.45) is 11.3 Å². The molecule has 0 amide bonds. The molecule has 2 N–H and O–H groups in total. The first-order chi connectivity index (χ1) is 14.3. The van der Waals surface area contributed by atoms with E-state index in [4.69, 9.17) is 9.47 Å². The second kappa shape index (κ2) is 9.63. The zero-order valence-electron chi connectivity index (χ0n) is 18.5. The van der Waals surface area contributed by atoms with Crippen LogP contribution in [0.3, 0.4) is 0 Å². The fraction of sp³-hybridized carbons (Fsp3) is 0.640. The van der Waals surface area contributed by atoms with Crippen LogP contribution in [-0.4, -0.2) is 47.7 Å². The molecule has 1 unspecified atom stereocenters. The van der Waals surface area contributed by atoms with Crippen molar-refractivity contribution in [3.05, 3.63) is 47.1 Å². The molecule has 0 aromatic rings. The summed E-state index contributed by atoms with van der Waals surface area (Å²) in [6.07, 6.45) is 10.4. The van der Waals surface area contributed by atoms with E-state index in [9.17, 15) is 15.0 Å². The van der Waals surface area contributed by atoms with Crippen molar-refractivity contribution in [2.45, 2.75) is 77.6 Å². The van der Waals surface area contributed by atoms with Gasteiger partial charge in [-0.05, 0) is 74.0 Å². The van der Waals surface area contributed by atoms with E-state index >= 15 is 0 Å². The topological polar surface area (TPSA) is 76.0 Å². The average molecular weight is 417 g/mol. The Hall–Kier alpha value is -1.69. The van der Waals surface area contributed by atoms with Gasteiger partial charge in [0.15, 0.2) is 0 Å². The van der Waals surface area contributed by atoms with Crippen LogP contribution in [0.15, 0.2) is 47.1 Å². The molecule has 0 radical (unpaired) electrons. The predicted molar refractivity (Wildman–Crippen MR) is 117 cm³/mol. The fourth-order valence-corrected chi connectivity index (χ4v) is 5.43. The number of allylic oxidation sites excluding steroid dienone is 4. The Kier molecular flexibility index (Phi) is 7.38. The third kappa shape index (κ3) is 4.79. The largest absolute Gasteiger partial charge is 0.464 e. The maximum absolute atomic E-state index is 11.7. The molecule has 5 atom stereocenters. The second-order valence-electron chi connectivity index (χ2n) is 9.05. The van der Waals surface area contributed by atoms with Crippen LogP contribution in [0.25, 0.3) is 0 Å². The molecular formula is C25H36O5. The standard InChI is InChI=1S/C25H36O5/c1-5-29-24(28)15-30-17(3)21-10-11-22-18(7-6-12-25(21,22)4)8-9-19-13-20(26)14-23(27)16(19)2/h8-10,17,20,22-23,26-27H,2,5-7,11-15H2,1,3-4H3/b18-8+,19-9-/t17?,20-,22+,23+,25-/m1/s1. The summed E-state index contributed by atoms with van der Waals surface area (Å²) in [5, 5.41) is 20.1. The molecule has 0 heterocycles. The highest BCUT2D eigenvalue weighted by molar-refractivity contribution is 5.70. The van der Waals surface area contributed by atoms with Crippen molar-refractivity contribution in [1.29, 1.82) is 0 Å². The number of carbonyl (C=O) groups is 1. The first-order valence-corrected chi connectivity index (χ1v) is 11.2. The normalized spacial score (nSPS) is 35.3. The Labute approximate surface area is 180 Å². The quantitative estimate of drug-likeness (QED) is 0.505. The average Bonchev–Trinajstić information content (AvgIpc) is 3.05.